The Hall–Kier alpha value is -1.98. The van der Waals surface area contributed by atoms with Crippen molar-refractivity contribution in [2.24, 2.45) is 0 Å². The summed E-state index contributed by atoms with van der Waals surface area (Å²) >= 11 is 1.53. The van der Waals surface area contributed by atoms with Gasteiger partial charge >= 0.3 is 0 Å². The highest BCUT2D eigenvalue weighted by Gasteiger charge is 2.09. The second-order valence-electron chi connectivity index (χ2n) is 4.58. The van der Waals surface area contributed by atoms with Crippen LogP contribution in [0.1, 0.15) is 5.56 Å². The molecule has 0 bridgehead atoms. The molecule has 0 saturated carbocycles. The number of aromatic nitrogens is 2. The third-order valence-electron chi connectivity index (χ3n) is 3.10. The molecule has 0 fully saturated rings. The largest absolute Gasteiger partial charge is 0.316 e. The Morgan fingerprint density at radius 1 is 1.14 bits per heavy atom. The predicted molar refractivity (Wildman–Crippen MR) is 82.8 cm³/mol. The van der Waals surface area contributed by atoms with E-state index in [2.05, 4.69) is 15.3 Å². The third-order valence-corrected chi connectivity index (χ3v) is 4.24. The van der Waals surface area contributed by atoms with Crippen molar-refractivity contribution < 1.29 is 4.39 Å². The Balaban J connectivity index is 2.02. The monoisotopic (exact) mass is 299 g/mol. The topological polar surface area (TPSA) is 37.8 Å². The molecule has 0 spiro atoms. The zero-order valence-electron chi connectivity index (χ0n) is 11.5. The smallest absolute Gasteiger partial charge is 0.123 e. The zero-order chi connectivity index (χ0) is 14.7. The summed E-state index contributed by atoms with van der Waals surface area (Å²) < 4.78 is 13.4. The summed E-state index contributed by atoms with van der Waals surface area (Å²) in [5.41, 5.74) is 1.83. The van der Waals surface area contributed by atoms with E-state index in [9.17, 15) is 4.39 Å². The highest BCUT2D eigenvalue weighted by molar-refractivity contribution is 7.99. The van der Waals surface area contributed by atoms with E-state index in [1.54, 1.807) is 18.5 Å². The number of benzene rings is 2. The molecule has 3 aromatic rings. The van der Waals surface area contributed by atoms with Crippen LogP contribution >= 0.6 is 11.8 Å². The van der Waals surface area contributed by atoms with Crippen LogP contribution in [0.2, 0.25) is 0 Å². The fourth-order valence-corrected chi connectivity index (χ4v) is 3.13. The van der Waals surface area contributed by atoms with Gasteiger partial charge in [-0.3, -0.25) is 0 Å². The summed E-state index contributed by atoms with van der Waals surface area (Å²) in [6.07, 6.45) is 1.56. The molecule has 0 atom stereocenters. The molecular weight excluding hydrogens is 285 g/mol. The molecule has 21 heavy (non-hydrogen) atoms. The maximum atomic E-state index is 13.4. The summed E-state index contributed by atoms with van der Waals surface area (Å²) in [6.45, 7) is 0.614. The first-order chi connectivity index (χ1) is 10.3. The van der Waals surface area contributed by atoms with Crippen LogP contribution in [-0.2, 0) is 6.54 Å². The van der Waals surface area contributed by atoms with Crippen molar-refractivity contribution in [2.75, 3.05) is 7.05 Å². The zero-order valence-corrected chi connectivity index (χ0v) is 12.3. The van der Waals surface area contributed by atoms with Crippen LogP contribution in [0.4, 0.5) is 4.39 Å². The third kappa shape index (κ3) is 3.04. The normalized spacial score (nSPS) is 11.0. The minimum absolute atomic E-state index is 0.225. The number of para-hydroxylation sites is 1. The van der Waals surface area contributed by atoms with Crippen molar-refractivity contribution in [3.05, 3.63) is 60.2 Å². The maximum Gasteiger partial charge on any atom is 0.123 e. The molecule has 0 aliphatic heterocycles. The van der Waals surface area contributed by atoms with Crippen LogP contribution in [0.15, 0.2) is 58.7 Å². The molecule has 1 N–H and O–H groups in total. The predicted octanol–water partition coefficient (Wildman–Crippen LogP) is 3.64. The molecule has 5 heteroatoms. The number of fused-ring (bicyclic) bond motifs is 1. The Labute approximate surface area is 126 Å². The number of halogens is 1. The number of hydrogen-bond donors (Lipinski definition) is 1. The molecule has 0 aliphatic carbocycles. The lowest BCUT2D eigenvalue weighted by Gasteiger charge is -2.10. The fraction of sp³-hybridized carbons (Fsp3) is 0.125. The summed E-state index contributed by atoms with van der Waals surface area (Å²) in [5, 5.41) is 4.95. The molecule has 0 radical (unpaired) electrons. The fourth-order valence-electron chi connectivity index (χ4n) is 2.14. The van der Waals surface area contributed by atoms with Crippen molar-refractivity contribution in [3.63, 3.8) is 0 Å². The number of nitrogens with one attached hydrogen (secondary N) is 1. The molecule has 1 heterocycles. The Morgan fingerprint density at radius 2 is 2.00 bits per heavy atom. The van der Waals surface area contributed by atoms with Crippen LogP contribution in [0.5, 0.6) is 0 Å². The summed E-state index contributed by atoms with van der Waals surface area (Å²) in [4.78, 5) is 9.62. The molecule has 1 aromatic heterocycles. The number of rotatable bonds is 4. The van der Waals surface area contributed by atoms with Gasteiger partial charge in [0.25, 0.3) is 0 Å². The standard InChI is InChI=1S/C16H14FN3S/c1-18-9-11-8-12(17)6-7-15(11)21-16-13-4-2-3-5-14(13)19-10-20-16/h2-8,10,18H,9H2,1H3. The number of nitrogens with zero attached hydrogens (tertiary/aromatic N) is 2. The first-order valence-electron chi connectivity index (χ1n) is 6.58. The molecule has 2 aromatic carbocycles. The Kier molecular flexibility index (Phi) is 4.13. The van der Waals surface area contributed by atoms with E-state index in [-0.39, 0.29) is 5.82 Å². The van der Waals surface area contributed by atoms with Gasteiger partial charge in [-0.1, -0.05) is 30.0 Å². The summed E-state index contributed by atoms with van der Waals surface area (Å²) in [5.74, 6) is -0.225. The molecule has 106 valence electrons. The first kappa shape index (κ1) is 14.0. The van der Waals surface area contributed by atoms with E-state index >= 15 is 0 Å². The minimum Gasteiger partial charge on any atom is -0.316 e. The van der Waals surface area contributed by atoms with E-state index in [0.717, 1.165) is 26.4 Å². The molecule has 0 amide bonds. The van der Waals surface area contributed by atoms with Gasteiger partial charge in [-0.15, -0.1) is 0 Å². The van der Waals surface area contributed by atoms with Gasteiger partial charge in [0, 0.05) is 16.8 Å². The second kappa shape index (κ2) is 6.20. The highest BCUT2D eigenvalue weighted by Crippen LogP contribution is 2.33. The van der Waals surface area contributed by atoms with Gasteiger partial charge in [-0.2, -0.15) is 0 Å². The number of hydrogen-bond acceptors (Lipinski definition) is 4. The van der Waals surface area contributed by atoms with E-state index in [0.29, 0.717) is 6.54 Å². The summed E-state index contributed by atoms with van der Waals surface area (Å²) in [6, 6.07) is 12.7. The van der Waals surface area contributed by atoms with Crippen molar-refractivity contribution in [1.82, 2.24) is 15.3 Å². The first-order valence-corrected chi connectivity index (χ1v) is 7.40. The van der Waals surface area contributed by atoms with Crippen LogP contribution < -0.4 is 5.32 Å². The van der Waals surface area contributed by atoms with Crippen LogP contribution in [0.3, 0.4) is 0 Å². The Bertz CT molecular complexity index is 771. The molecular formula is C16H14FN3S. The molecule has 0 saturated heterocycles. The van der Waals surface area contributed by atoms with Gasteiger partial charge in [-0.25, -0.2) is 14.4 Å². The SMILES string of the molecule is CNCc1cc(F)ccc1Sc1ncnc2ccccc12. The van der Waals surface area contributed by atoms with Gasteiger partial charge in [0.15, 0.2) is 0 Å². The van der Waals surface area contributed by atoms with Gasteiger partial charge < -0.3 is 5.32 Å². The van der Waals surface area contributed by atoms with E-state index < -0.39 is 0 Å². The maximum absolute atomic E-state index is 13.4. The lowest BCUT2D eigenvalue weighted by molar-refractivity contribution is 0.621. The lowest BCUT2D eigenvalue weighted by Crippen LogP contribution is -2.06. The average molecular weight is 299 g/mol. The van der Waals surface area contributed by atoms with E-state index in [1.165, 1.54) is 17.8 Å². The van der Waals surface area contributed by atoms with Crippen LogP contribution in [-0.4, -0.2) is 17.0 Å². The Morgan fingerprint density at radius 3 is 2.86 bits per heavy atom. The second-order valence-corrected chi connectivity index (χ2v) is 5.61. The molecule has 3 nitrogen and oxygen atoms in total. The molecule has 3 rings (SSSR count). The van der Waals surface area contributed by atoms with Gasteiger partial charge in [-0.05, 0) is 36.9 Å². The van der Waals surface area contributed by atoms with Gasteiger partial charge in [0.2, 0.25) is 0 Å². The van der Waals surface area contributed by atoms with Crippen molar-refractivity contribution in [3.8, 4) is 0 Å². The summed E-state index contributed by atoms with van der Waals surface area (Å²) in [7, 11) is 1.85. The lowest BCUT2D eigenvalue weighted by atomic mass is 10.2. The van der Waals surface area contributed by atoms with E-state index in [4.69, 9.17) is 0 Å². The molecule has 0 unspecified atom stereocenters. The highest BCUT2D eigenvalue weighted by atomic mass is 32.2. The van der Waals surface area contributed by atoms with E-state index in [1.807, 2.05) is 31.3 Å². The van der Waals surface area contributed by atoms with Crippen molar-refractivity contribution in [2.45, 2.75) is 16.5 Å². The van der Waals surface area contributed by atoms with Crippen molar-refractivity contribution >= 4 is 22.7 Å². The van der Waals surface area contributed by atoms with Crippen LogP contribution in [0, 0.1) is 5.82 Å². The quantitative estimate of drug-likeness (QED) is 0.746. The minimum atomic E-state index is -0.225. The van der Waals surface area contributed by atoms with Crippen LogP contribution in [0.25, 0.3) is 10.9 Å². The van der Waals surface area contributed by atoms with Crippen molar-refractivity contribution in [1.29, 1.82) is 0 Å². The average Bonchev–Trinajstić information content (AvgIpc) is 2.50. The van der Waals surface area contributed by atoms with Gasteiger partial charge in [0.05, 0.1) is 5.52 Å². The van der Waals surface area contributed by atoms with Gasteiger partial charge in [0.1, 0.15) is 17.2 Å². The molecule has 0 aliphatic rings.